The second kappa shape index (κ2) is 11.7. The Morgan fingerprint density at radius 1 is 0.944 bits per heavy atom. The van der Waals surface area contributed by atoms with Crippen molar-refractivity contribution >= 4 is 28.3 Å². The first-order valence-corrected chi connectivity index (χ1v) is 12.7. The number of anilines is 2. The highest BCUT2D eigenvalue weighted by atomic mass is 16.5. The van der Waals surface area contributed by atoms with Crippen molar-refractivity contribution < 1.29 is 9.53 Å². The van der Waals surface area contributed by atoms with Crippen molar-refractivity contribution in [3.8, 4) is 5.75 Å². The minimum Gasteiger partial charge on any atom is -0.489 e. The fourth-order valence-corrected chi connectivity index (χ4v) is 4.58. The maximum atomic E-state index is 12.7. The summed E-state index contributed by atoms with van der Waals surface area (Å²) in [7, 11) is 0. The summed E-state index contributed by atoms with van der Waals surface area (Å²) in [6, 6.07) is 23.6. The van der Waals surface area contributed by atoms with Crippen LogP contribution in [0.2, 0.25) is 0 Å². The molecule has 1 amide bonds. The first kappa shape index (κ1) is 23.9. The van der Waals surface area contributed by atoms with Crippen LogP contribution in [0.4, 0.5) is 11.5 Å². The molecule has 5 rings (SSSR count). The van der Waals surface area contributed by atoms with E-state index in [9.17, 15) is 4.79 Å². The molecule has 0 aliphatic carbocycles. The molecular weight excluding hydrogens is 450 g/mol. The molecule has 0 spiro atoms. The van der Waals surface area contributed by atoms with Crippen LogP contribution in [0.25, 0.3) is 10.9 Å². The highest BCUT2D eigenvalue weighted by molar-refractivity contribution is 5.97. The number of piperidine rings is 1. The second-order valence-corrected chi connectivity index (χ2v) is 9.30. The highest BCUT2D eigenvalue weighted by Crippen LogP contribution is 2.24. The number of benzene rings is 3. The van der Waals surface area contributed by atoms with Crippen LogP contribution in [-0.4, -0.2) is 47.2 Å². The third-order valence-electron chi connectivity index (χ3n) is 6.55. The molecule has 3 N–H and O–H groups in total. The van der Waals surface area contributed by atoms with Gasteiger partial charge in [0.2, 0.25) is 5.91 Å². The topological polar surface area (TPSA) is 82.3 Å². The first-order valence-electron chi connectivity index (χ1n) is 12.7. The molecule has 0 unspecified atom stereocenters. The Labute approximate surface area is 211 Å². The Morgan fingerprint density at radius 3 is 2.56 bits per heavy atom. The number of amides is 1. The average Bonchev–Trinajstić information content (AvgIpc) is 3.31. The number of nitrogens with zero attached hydrogens (tertiary/aromatic N) is 2. The number of ether oxygens (including phenoxy) is 1. The summed E-state index contributed by atoms with van der Waals surface area (Å²) in [6.07, 6.45) is 4.22. The fraction of sp³-hybridized carbons (Fsp3) is 0.310. The summed E-state index contributed by atoms with van der Waals surface area (Å²) < 4.78 is 5.84. The summed E-state index contributed by atoms with van der Waals surface area (Å²) in [6.45, 7) is 4.75. The number of fused-ring (bicyclic) bond motifs is 1. The van der Waals surface area contributed by atoms with E-state index >= 15 is 0 Å². The SMILES string of the molecule is O=C(Cc1ccc(OCc2ccccc2)cc1)Nc1ccc2[nH]nc(NCCN3CCCCC3)c2c1. The number of hydrogen-bond acceptors (Lipinski definition) is 5. The molecule has 7 heteroatoms. The number of hydrogen-bond donors (Lipinski definition) is 3. The van der Waals surface area contributed by atoms with E-state index < -0.39 is 0 Å². The molecule has 1 saturated heterocycles. The molecule has 1 fully saturated rings. The minimum atomic E-state index is -0.0598. The zero-order valence-electron chi connectivity index (χ0n) is 20.5. The minimum absolute atomic E-state index is 0.0598. The van der Waals surface area contributed by atoms with E-state index in [1.165, 1.54) is 32.4 Å². The number of aromatic amines is 1. The second-order valence-electron chi connectivity index (χ2n) is 9.30. The molecule has 186 valence electrons. The lowest BCUT2D eigenvalue weighted by molar-refractivity contribution is -0.115. The van der Waals surface area contributed by atoms with Gasteiger partial charge in [-0.05, 0) is 67.4 Å². The maximum absolute atomic E-state index is 12.7. The van der Waals surface area contributed by atoms with Crippen LogP contribution in [0.5, 0.6) is 5.75 Å². The van der Waals surface area contributed by atoms with E-state index in [1.807, 2.05) is 72.8 Å². The van der Waals surface area contributed by atoms with Gasteiger partial charge in [0.1, 0.15) is 12.4 Å². The van der Waals surface area contributed by atoms with Gasteiger partial charge in [-0.15, -0.1) is 0 Å². The number of likely N-dealkylation sites (tertiary alicyclic amines) is 1. The van der Waals surface area contributed by atoms with Gasteiger partial charge in [0.15, 0.2) is 5.82 Å². The molecule has 0 bridgehead atoms. The summed E-state index contributed by atoms with van der Waals surface area (Å²) in [4.78, 5) is 15.2. The standard InChI is InChI=1S/C29H33N5O2/c35-28(19-22-9-12-25(13-10-22)36-21-23-7-3-1-4-8-23)31-24-11-14-27-26(20-24)29(33-32-27)30-15-18-34-16-5-2-6-17-34/h1,3-4,7-14,20H,2,5-6,15-19,21H2,(H,31,35)(H2,30,32,33). The Balaban J connectivity index is 1.13. The lowest BCUT2D eigenvalue weighted by Gasteiger charge is -2.26. The van der Waals surface area contributed by atoms with Crippen LogP contribution in [0.3, 0.4) is 0 Å². The zero-order valence-corrected chi connectivity index (χ0v) is 20.5. The number of aromatic nitrogens is 2. The smallest absolute Gasteiger partial charge is 0.228 e. The summed E-state index contributed by atoms with van der Waals surface area (Å²) in [5.74, 6) is 1.55. The summed E-state index contributed by atoms with van der Waals surface area (Å²) in [5, 5.41) is 15.0. The third-order valence-corrected chi connectivity index (χ3v) is 6.55. The zero-order chi connectivity index (χ0) is 24.6. The Hall–Kier alpha value is -3.84. The van der Waals surface area contributed by atoms with Gasteiger partial charge in [0, 0.05) is 24.2 Å². The molecule has 2 heterocycles. The van der Waals surface area contributed by atoms with Gasteiger partial charge in [-0.2, -0.15) is 5.10 Å². The number of rotatable bonds is 10. The number of H-pyrrole nitrogens is 1. The van der Waals surface area contributed by atoms with E-state index in [4.69, 9.17) is 4.74 Å². The molecule has 0 radical (unpaired) electrons. The summed E-state index contributed by atoms with van der Waals surface area (Å²) >= 11 is 0. The van der Waals surface area contributed by atoms with Crippen molar-refractivity contribution in [1.82, 2.24) is 15.1 Å². The van der Waals surface area contributed by atoms with Gasteiger partial charge in [-0.1, -0.05) is 48.9 Å². The van der Waals surface area contributed by atoms with Crippen LogP contribution in [-0.2, 0) is 17.8 Å². The fourth-order valence-electron chi connectivity index (χ4n) is 4.58. The Bertz CT molecular complexity index is 1260. The van der Waals surface area contributed by atoms with Gasteiger partial charge in [0.25, 0.3) is 0 Å². The molecule has 1 aliphatic heterocycles. The Kier molecular flexibility index (Phi) is 7.78. The van der Waals surface area contributed by atoms with E-state index in [-0.39, 0.29) is 5.91 Å². The van der Waals surface area contributed by atoms with Crippen molar-refractivity contribution in [3.63, 3.8) is 0 Å². The maximum Gasteiger partial charge on any atom is 0.228 e. The van der Waals surface area contributed by atoms with Crippen LogP contribution < -0.4 is 15.4 Å². The molecule has 0 saturated carbocycles. The van der Waals surface area contributed by atoms with E-state index in [2.05, 4.69) is 25.7 Å². The molecule has 36 heavy (non-hydrogen) atoms. The van der Waals surface area contributed by atoms with Crippen molar-refractivity contribution in [2.75, 3.05) is 36.8 Å². The molecule has 4 aromatic rings. The van der Waals surface area contributed by atoms with Crippen molar-refractivity contribution in [3.05, 3.63) is 83.9 Å². The van der Waals surface area contributed by atoms with Crippen LogP contribution >= 0.6 is 0 Å². The van der Waals surface area contributed by atoms with Gasteiger partial charge in [-0.3, -0.25) is 9.89 Å². The number of carbonyl (C=O) groups excluding carboxylic acids is 1. The lowest BCUT2D eigenvalue weighted by Crippen LogP contribution is -2.33. The number of nitrogens with one attached hydrogen (secondary N) is 3. The monoisotopic (exact) mass is 483 g/mol. The molecule has 3 aromatic carbocycles. The molecule has 0 atom stereocenters. The largest absolute Gasteiger partial charge is 0.489 e. The number of carbonyl (C=O) groups is 1. The molecular formula is C29H33N5O2. The first-order chi connectivity index (χ1) is 17.7. The highest BCUT2D eigenvalue weighted by Gasteiger charge is 2.12. The van der Waals surface area contributed by atoms with Crippen LogP contribution in [0.1, 0.15) is 30.4 Å². The molecule has 1 aromatic heterocycles. The van der Waals surface area contributed by atoms with Crippen molar-refractivity contribution in [2.24, 2.45) is 0 Å². The predicted octanol–water partition coefficient (Wildman–Crippen LogP) is 5.22. The lowest BCUT2D eigenvalue weighted by atomic mass is 10.1. The van der Waals surface area contributed by atoms with Crippen molar-refractivity contribution in [2.45, 2.75) is 32.3 Å². The normalized spacial score (nSPS) is 14.0. The third kappa shape index (κ3) is 6.43. The quantitative estimate of drug-likeness (QED) is 0.288. The average molecular weight is 484 g/mol. The van der Waals surface area contributed by atoms with E-state index in [0.717, 1.165) is 52.4 Å². The van der Waals surface area contributed by atoms with Crippen LogP contribution in [0.15, 0.2) is 72.8 Å². The van der Waals surface area contributed by atoms with Gasteiger partial charge in [-0.25, -0.2) is 0 Å². The predicted molar refractivity (Wildman–Crippen MR) is 144 cm³/mol. The molecule has 1 aliphatic rings. The van der Waals surface area contributed by atoms with Gasteiger partial charge >= 0.3 is 0 Å². The van der Waals surface area contributed by atoms with E-state index in [0.29, 0.717) is 13.0 Å². The van der Waals surface area contributed by atoms with Gasteiger partial charge in [0.05, 0.1) is 11.9 Å². The van der Waals surface area contributed by atoms with Gasteiger partial charge < -0.3 is 20.3 Å². The van der Waals surface area contributed by atoms with Crippen LogP contribution in [0, 0.1) is 0 Å². The Morgan fingerprint density at radius 2 is 1.75 bits per heavy atom. The van der Waals surface area contributed by atoms with Crippen molar-refractivity contribution in [1.29, 1.82) is 0 Å². The molecule has 7 nitrogen and oxygen atoms in total. The summed E-state index contributed by atoms with van der Waals surface area (Å²) in [5.41, 5.74) is 3.76. The van der Waals surface area contributed by atoms with E-state index in [1.54, 1.807) is 0 Å².